The molecule has 3 aromatic heterocycles. The van der Waals surface area contributed by atoms with E-state index in [-0.39, 0.29) is 0 Å². The molecule has 0 aliphatic carbocycles. The van der Waals surface area contributed by atoms with Gasteiger partial charge in [-0.2, -0.15) is 15.0 Å². The first-order valence-corrected chi connectivity index (χ1v) is 11.2. The van der Waals surface area contributed by atoms with Crippen LogP contribution in [0.4, 0.5) is 23.1 Å². The number of thiazole rings is 1. The van der Waals surface area contributed by atoms with Crippen LogP contribution in [0.2, 0.25) is 0 Å². The summed E-state index contributed by atoms with van der Waals surface area (Å²) < 4.78 is 2.60. The maximum atomic E-state index is 9.58. The van der Waals surface area contributed by atoms with E-state index in [1.165, 1.54) is 30.4 Å². The van der Waals surface area contributed by atoms with Crippen LogP contribution in [-0.2, 0) is 0 Å². The standard InChI is InChI=1S/C22H21N9S/c1-14-11-18(30-9-5-6-10-30)27-20(24-2)19(14)28-29-21-15(12-23)13-25-31(21)22-26-16-7-3-4-8-17(16)32-22/h3-4,7-8,11,13H,5-6,9-10H2,1-2H3,(H,24,27)/b29-28+. The Morgan fingerprint density at radius 1 is 1.16 bits per heavy atom. The summed E-state index contributed by atoms with van der Waals surface area (Å²) in [6.07, 6.45) is 3.86. The fourth-order valence-corrected chi connectivity index (χ4v) is 4.69. The molecule has 1 fully saturated rings. The number of benzene rings is 1. The number of nitrogens with one attached hydrogen (secondary N) is 1. The van der Waals surface area contributed by atoms with E-state index < -0.39 is 0 Å². The molecule has 10 heteroatoms. The molecule has 32 heavy (non-hydrogen) atoms. The minimum Gasteiger partial charge on any atom is -0.371 e. The third kappa shape index (κ3) is 3.56. The van der Waals surface area contributed by atoms with E-state index in [9.17, 15) is 5.26 Å². The zero-order valence-electron chi connectivity index (χ0n) is 17.8. The largest absolute Gasteiger partial charge is 0.371 e. The number of para-hydroxylation sites is 1. The van der Waals surface area contributed by atoms with Crippen LogP contribution < -0.4 is 10.2 Å². The molecule has 4 heterocycles. The Labute approximate surface area is 189 Å². The van der Waals surface area contributed by atoms with E-state index in [2.05, 4.69) is 36.6 Å². The van der Waals surface area contributed by atoms with Gasteiger partial charge in [0.25, 0.3) is 0 Å². The molecule has 1 aliphatic heterocycles. The Morgan fingerprint density at radius 3 is 2.72 bits per heavy atom. The topological polar surface area (TPSA) is 107 Å². The van der Waals surface area contributed by atoms with E-state index in [0.717, 1.165) is 34.7 Å². The molecule has 0 atom stereocenters. The molecular formula is C22H21N9S. The average Bonchev–Trinajstić information content (AvgIpc) is 3.56. The van der Waals surface area contributed by atoms with Gasteiger partial charge in [-0.25, -0.2) is 9.97 Å². The Balaban J connectivity index is 1.55. The lowest BCUT2D eigenvalue weighted by Crippen LogP contribution is -2.19. The summed E-state index contributed by atoms with van der Waals surface area (Å²) in [6.45, 7) is 4.03. The van der Waals surface area contributed by atoms with Crippen LogP contribution in [0.5, 0.6) is 0 Å². The van der Waals surface area contributed by atoms with E-state index in [1.807, 2.05) is 44.3 Å². The second-order valence-corrected chi connectivity index (χ2v) is 8.52. The number of rotatable bonds is 5. The smallest absolute Gasteiger partial charge is 0.213 e. The number of nitrogens with zero attached hydrogens (tertiary/aromatic N) is 8. The van der Waals surface area contributed by atoms with Gasteiger partial charge in [-0.15, -0.1) is 10.2 Å². The van der Waals surface area contributed by atoms with Gasteiger partial charge in [0, 0.05) is 20.1 Å². The van der Waals surface area contributed by atoms with Crippen LogP contribution in [0.1, 0.15) is 24.0 Å². The number of hydrogen-bond acceptors (Lipinski definition) is 9. The highest BCUT2D eigenvalue weighted by Gasteiger charge is 2.19. The molecule has 160 valence electrons. The second kappa shape index (κ2) is 8.36. The van der Waals surface area contributed by atoms with Crippen molar-refractivity contribution < 1.29 is 0 Å². The third-order valence-corrected chi connectivity index (χ3v) is 6.42. The summed E-state index contributed by atoms with van der Waals surface area (Å²) in [5, 5.41) is 26.6. The number of fused-ring (bicyclic) bond motifs is 1. The molecule has 0 amide bonds. The minimum absolute atomic E-state index is 0.332. The van der Waals surface area contributed by atoms with E-state index in [4.69, 9.17) is 4.98 Å². The van der Waals surface area contributed by atoms with Gasteiger partial charge < -0.3 is 10.2 Å². The number of pyridine rings is 1. The van der Waals surface area contributed by atoms with E-state index in [0.29, 0.717) is 28.0 Å². The Kier molecular flexibility index (Phi) is 5.25. The number of aromatic nitrogens is 4. The molecule has 0 radical (unpaired) electrons. The predicted octanol–water partition coefficient (Wildman–Crippen LogP) is 5.11. The van der Waals surface area contributed by atoms with Crippen molar-refractivity contribution >= 4 is 44.7 Å². The Hall–Kier alpha value is -3.84. The molecule has 0 spiro atoms. The SMILES string of the molecule is CNc1nc(N2CCCC2)cc(C)c1/N=N/c1c(C#N)cnn1-c1nc2ccccc2s1. The fourth-order valence-electron chi connectivity index (χ4n) is 3.76. The molecule has 9 nitrogen and oxygen atoms in total. The summed E-state index contributed by atoms with van der Waals surface area (Å²) >= 11 is 1.48. The van der Waals surface area contributed by atoms with Crippen molar-refractivity contribution in [2.24, 2.45) is 10.2 Å². The van der Waals surface area contributed by atoms with E-state index >= 15 is 0 Å². The van der Waals surface area contributed by atoms with Crippen molar-refractivity contribution in [1.82, 2.24) is 19.7 Å². The first-order chi connectivity index (χ1) is 15.7. The summed E-state index contributed by atoms with van der Waals surface area (Å²) in [7, 11) is 1.82. The lowest BCUT2D eigenvalue weighted by Gasteiger charge is -2.19. The number of azo groups is 1. The lowest BCUT2D eigenvalue weighted by molar-refractivity contribution is 0.862. The second-order valence-electron chi connectivity index (χ2n) is 7.51. The maximum absolute atomic E-state index is 9.58. The number of hydrogen-bond donors (Lipinski definition) is 1. The van der Waals surface area contributed by atoms with Crippen LogP contribution in [0, 0.1) is 18.3 Å². The van der Waals surface area contributed by atoms with Gasteiger partial charge in [-0.1, -0.05) is 23.5 Å². The van der Waals surface area contributed by atoms with Crippen LogP contribution in [0.3, 0.4) is 0 Å². The molecule has 0 unspecified atom stereocenters. The van der Waals surface area contributed by atoms with Gasteiger partial charge in [0.15, 0.2) is 11.6 Å². The Bertz CT molecular complexity index is 1320. The highest BCUT2D eigenvalue weighted by Crippen LogP contribution is 2.35. The molecule has 1 saturated heterocycles. The van der Waals surface area contributed by atoms with Crippen molar-refractivity contribution in [3.63, 3.8) is 0 Å². The predicted molar refractivity (Wildman–Crippen MR) is 126 cm³/mol. The number of nitriles is 1. The molecule has 4 aromatic rings. The molecule has 1 N–H and O–H groups in total. The van der Waals surface area contributed by atoms with Crippen molar-refractivity contribution in [2.75, 3.05) is 30.4 Å². The Morgan fingerprint density at radius 2 is 1.97 bits per heavy atom. The monoisotopic (exact) mass is 443 g/mol. The van der Waals surface area contributed by atoms with E-state index in [1.54, 1.807) is 4.68 Å². The van der Waals surface area contributed by atoms with Gasteiger partial charge in [0.2, 0.25) is 5.13 Å². The normalized spacial score (nSPS) is 13.8. The van der Waals surface area contributed by atoms with Crippen molar-refractivity contribution in [3.8, 4) is 11.2 Å². The zero-order chi connectivity index (χ0) is 22.1. The third-order valence-electron chi connectivity index (χ3n) is 5.41. The quantitative estimate of drug-likeness (QED) is 0.429. The zero-order valence-corrected chi connectivity index (χ0v) is 18.6. The summed E-state index contributed by atoms with van der Waals surface area (Å²) in [4.78, 5) is 11.7. The van der Waals surface area contributed by atoms with Crippen LogP contribution in [0.15, 0.2) is 46.8 Å². The molecule has 0 bridgehead atoms. The summed E-state index contributed by atoms with van der Waals surface area (Å²) in [5.41, 5.74) is 2.80. The van der Waals surface area contributed by atoms with Crippen molar-refractivity contribution in [1.29, 1.82) is 5.26 Å². The summed E-state index contributed by atoms with van der Waals surface area (Å²) in [6, 6.07) is 12.0. The molecule has 0 saturated carbocycles. The van der Waals surface area contributed by atoms with Crippen LogP contribution >= 0.6 is 11.3 Å². The number of anilines is 2. The van der Waals surface area contributed by atoms with Crippen LogP contribution in [0.25, 0.3) is 15.3 Å². The van der Waals surface area contributed by atoms with Crippen LogP contribution in [-0.4, -0.2) is 39.9 Å². The van der Waals surface area contributed by atoms with Gasteiger partial charge in [-0.3, -0.25) is 0 Å². The lowest BCUT2D eigenvalue weighted by atomic mass is 10.2. The maximum Gasteiger partial charge on any atom is 0.213 e. The first kappa shape index (κ1) is 20.1. The summed E-state index contributed by atoms with van der Waals surface area (Å²) in [5.74, 6) is 1.94. The average molecular weight is 444 g/mol. The number of aryl methyl sites for hydroxylation is 1. The minimum atomic E-state index is 0.332. The van der Waals surface area contributed by atoms with Crippen molar-refractivity contribution in [2.45, 2.75) is 19.8 Å². The van der Waals surface area contributed by atoms with Gasteiger partial charge in [0.05, 0.1) is 16.4 Å². The first-order valence-electron chi connectivity index (χ1n) is 10.4. The van der Waals surface area contributed by atoms with Gasteiger partial charge in [0.1, 0.15) is 23.1 Å². The van der Waals surface area contributed by atoms with Gasteiger partial charge in [-0.05, 0) is 43.5 Å². The molecule has 1 aromatic carbocycles. The van der Waals surface area contributed by atoms with Crippen molar-refractivity contribution in [3.05, 3.63) is 47.7 Å². The fraction of sp³-hybridized carbons (Fsp3) is 0.273. The molecule has 1 aliphatic rings. The van der Waals surface area contributed by atoms with Gasteiger partial charge >= 0.3 is 0 Å². The highest BCUT2D eigenvalue weighted by molar-refractivity contribution is 7.20. The molecular weight excluding hydrogens is 422 g/mol. The molecule has 5 rings (SSSR count). The highest BCUT2D eigenvalue weighted by atomic mass is 32.1.